The van der Waals surface area contributed by atoms with Crippen molar-refractivity contribution in [2.75, 3.05) is 4.31 Å². The number of nitrogens with zero attached hydrogens (tertiary/aromatic N) is 1. The summed E-state index contributed by atoms with van der Waals surface area (Å²) in [6, 6.07) is 21.3. The Morgan fingerprint density at radius 2 is 1.67 bits per heavy atom. The molecule has 0 aliphatic heterocycles. The number of halogens is 1. The van der Waals surface area contributed by atoms with Gasteiger partial charge < -0.3 is 9.52 Å². The summed E-state index contributed by atoms with van der Waals surface area (Å²) < 4.78 is 33.5. The van der Waals surface area contributed by atoms with Gasteiger partial charge in [0.15, 0.2) is 0 Å². The average molecular weight is 442 g/mol. The fourth-order valence-corrected chi connectivity index (χ4v) is 4.66. The van der Waals surface area contributed by atoms with Crippen LogP contribution < -0.4 is 4.31 Å². The van der Waals surface area contributed by atoms with Crippen LogP contribution in [0.4, 0.5) is 5.69 Å². The minimum absolute atomic E-state index is 0.0982. The Kier molecular flexibility index (Phi) is 5.24. The fraction of sp³-hybridized carbons (Fsp3) is 0.0455. The molecular formula is C22H16ClNO5S. The van der Waals surface area contributed by atoms with Gasteiger partial charge in [0.25, 0.3) is 10.0 Å². The number of aromatic carboxylic acids is 1. The number of rotatable bonds is 6. The van der Waals surface area contributed by atoms with Gasteiger partial charge in [-0.1, -0.05) is 41.9 Å². The zero-order valence-corrected chi connectivity index (χ0v) is 17.1. The molecule has 4 rings (SSSR count). The molecule has 1 N–H and O–H groups in total. The topological polar surface area (TPSA) is 87.8 Å². The molecule has 8 heteroatoms. The number of carboxylic acids is 1. The Hall–Kier alpha value is -3.29. The van der Waals surface area contributed by atoms with E-state index < -0.39 is 16.0 Å². The molecule has 0 aliphatic carbocycles. The summed E-state index contributed by atoms with van der Waals surface area (Å²) in [7, 11) is -3.92. The Morgan fingerprint density at radius 1 is 0.967 bits per heavy atom. The van der Waals surface area contributed by atoms with Crippen LogP contribution in [0.5, 0.6) is 0 Å². The lowest BCUT2D eigenvalue weighted by Crippen LogP contribution is -2.30. The summed E-state index contributed by atoms with van der Waals surface area (Å²) in [5.41, 5.74) is 1.55. The van der Waals surface area contributed by atoms with Crippen molar-refractivity contribution in [3.63, 3.8) is 0 Å². The van der Waals surface area contributed by atoms with E-state index in [-0.39, 0.29) is 17.2 Å². The molecule has 0 bridgehead atoms. The van der Waals surface area contributed by atoms with Gasteiger partial charge in [0.1, 0.15) is 5.58 Å². The molecule has 0 atom stereocenters. The van der Waals surface area contributed by atoms with Gasteiger partial charge in [0.2, 0.25) is 5.76 Å². The highest BCUT2D eigenvalue weighted by Gasteiger charge is 2.26. The summed E-state index contributed by atoms with van der Waals surface area (Å²) in [6.07, 6.45) is 0. The molecule has 0 spiro atoms. The van der Waals surface area contributed by atoms with Gasteiger partial charge in [-0.15, -0.1) is 0 Å². The summed E-state index contributed by atoms with van der Waals surface area (Å²) in [5, 5.41) is 10.1. The zero-order valence-electron chi connectivity index (χ0n) is 15.5. The van der Waals surface area contributed by atoms with E-state index in [0.29, 0.717) is 21.7 Å². The van der Waals surface area contributed by atoms with E-state index in [1.165, 1.54) is 34.6 Å². The van der Waals surface area contributed by atoms with E-state index in [4.69, 9.17) is 21.1 Å². The van der Waals surface area contributed by atoms with Crippen LogP contribution in [0.25, 0.3) is 11.0 Å². The van der Waals surface area contributed by atoms with Gasteiger partial charge in [-0.2, -0.15) is 0 Å². The number of hydrogen-bond acceptors (Lipinski definition) is 4. The third-order valence-corrected chi connectivity index (χ3v) is 6.61. The molecule has 6 nitrogen and oxygen atoms in total. The number of carbonyl (C=O) groups is 1. The van der Waals surface area contributed by atoms with Crippen LogP contribution in [0.3, 0.4) is 0 Å². The third-order valence-electron chi connectivity index (χ3n) is 4.57. The highest BCUT2D eigenvalue weighted by molar-refractivity contribution is 7.92. The van der Waals surface area contributed by atoms with Crippen molar-refractivity contribution < 1.29 is 22.7 Å². The smallest absolute Gasteiger partial charge is 0.371 e. The molecule has 4 aromatic rings. The number of fused-ring (bicyclic) bond motifs is 1. The second-order valence-electron chi connectivity index (χ2n) is 6.59. The Balaban J connectivity index is 1.83. The molecule has 1 aromatic heterocycles. The van der Waals surface area contributed by atoms with Crippen LogP contribution in [-0.4, -0.2) is 19.5 Å². The highest BCUT2D eigenvalue weighted by Crippen LogP contribution is 2.31. The highest BCUT2D eigenvalue weighted by atomic mass is 35.5. The first-order valence-electron chi connectivity index (χ1n) is 8.94. The average Bonchev–Trinajstić information content (AvgIpc) is 3.17. The summed E-state index contributed by atoms with van der Waals surface area (Å²) in [4.78, 5) is 11.3. The van der Waals surface area contributed by atoms with E-state index in [0.717, 1.165) is 5.56 Å². The molecule has 30 heavy (non-hydrogen) atoms. The molecule has 3 aromatic carbocycles. The van der Waals surface area contributed by atoms with Gasteiger partial charge in [-0.25, -0.2) is 13.2 Å². The van der Waals surface area contributed by atoms with Gasteiger partial charge in [0, 0.05) is 10.4 Å². The monoisotopic (exact) mass is 441 g/mol. The van der Waals surface area contributed by atoms with E-state index >= 15 is 0 Å². The molecule has 1 heterocycles. The van der Waals surface area contributed by atoms with Crippen molar-refractivity contribution in [1.29, 1.82) is 0 Å². The number of sulfonamides is 1. The molecule has 0 aliphatic rings. The maximum atomic E-state index is 13.5. The molecule has 0 saturated heterocycles. The van der Waals surface area contributed by atoms with Crippen molar-refractivity contribution in [2.24, 2.45) is 0 Å². The molecule has 0 unspecified atom stereocenters. The van der Waals surface area contributed by atoms with Crippen molar-refractivity contribution in [3.05, 3.63) is 95.2 Å². The number of benzene rings is 3. The van der Waals surface area contributed by atoms with Crippen LogP contribution in [0.1, 0.15) is 16.1 Å². The minimum Gasteiger partial charge on any atom is -0.475 e. The van der Waals surface area contributed by atoms with Gasteiger partial charge in [0.05, 0.1) is 17.1 Å². The molecule has 152 valence electrons. The van der Waals surface area contributed by atoms with Crippen molar-refractivity contribution in [2.45, 2.75) is 11.4 Å². The molecule has 0 amide bonds. The van der Waals surface area contributed by atoms with Crippen LogP contribution >= 0.6 is 11.6 Å². The van der Waals surface area contributed by atoms with Gasteiger partial charge >= 0.3 is 5.97 Å². The first-order valence-corrected chi connectivity index (χ1v) is 10.8. The van der Waals surface area contributed by atoms with Crippen LogP contribution in [0, 0.1) is 0 Å². The molecule has 0 radical (unpaired) electrons. The maximum absolute atomic E-state index is 13.5. The fourth-order valence-electron chi connectivity index (χ4n) is 3.09. The summed E-state index contributed by atoms with van der Waals surface area (Å²) in [5.74, 6) is -1.40. The Morgan fingerprint density at radius 3 is 2.33 bits per heavy atom. The van der Waals surface area contributed by atoms with E-state index in [1.807, 2.05) is 30.3 Å². The first-order chi connectivity index (χ1) is 14.3. The minimum atomic E-state index is -3.92. The Bertz CT molecular complexity index is 1310. The maximum Gasteiger partial charge on any atom is 0.371 e. The zero-order chi connectivity index (χ0) is 21.3. The quantitative estimate of drug-likeness (QED) is 0.445. The largest absolute Gasteiger partial charge is 0.475 e. The summed E-state index contributed by atoms with van der Waals surface area (Å²) in [6.45, 7) is 0.0982. The predicted molar refractivity (Wildman–Crippen MR) is 114 cm³/mol. The molecule has 0 saturated carbocycles. The molecular weight excluding hydrogens is 426 g/mol. The van der Waals surface area contributed by atoms with E-state index in [1.54, 1.807) is 18.2 Å². The molecule has 0 fully saturated rings. The SMILES string of the molecule is O=C(O)c1cc2cc(N(Cc3ccccc3)S(=O)(=O)c3ccc(Cl)cc3)ccc2o1. The van der Waals surface area contributed by atoms with Crippen LogP contribution in [0.15, 0.2) is 88.2 Å². The predicted octanol–water partition coefficient (Wildman–Crippen LogP) is 5.18. The third kappa shape index (κ3) is 3.90. The van der Waals surface area contributed by atoms with E-state index in [9.17, 15) is 13.2 Å². The number of furan rings is 1. The van der Waals surface area contributed by atoms with E-state index in [2.05, 4.69) is 0 Å². The normalized spacial score (nSPS) is 11.5. The Labute approximate surface area is 178 Å². The van der Waals surface area contributed by atoms with Gasteiger partial charge in [-0.05, 0) is 54.1 Å². The number of anilines is 1. The number of carboxylic acid groups (broad SMARTS) is 1. The van der Waals surface area contributed by atoms with Crippen LogP contribution in [0.2, 0.25) is 5.02 Å². The lowest BCUT2D eigenvalue weighted by atomic mass is 10.2. The van der Waals surface area contributed by atoms with Crippen molar-refractivity contribution >= 4 is 44.3 Å². The lowest BCUT2D eigenvalue weighted by Gasteiger charge is -2.25. The first kappa shape index (κ1) is 20.0. The second-order valence-corrected chi connectivity index (χ2v) is 8.89. The summed E-state index contributed by atoms with van der Waals surface area (Å²) >= 11 is 5.91. The van der Waals surface area contributed by atoms with Crippen molar-refractivity contribution in [1.82, 2.24) is 0 Å². The van der Waals surface area contributed by atoms with Crippen molar-refractivity contribution in [3.8, 4) is 0 Å². The standard InChI is InChI=1S/C22H16ClNO5S/c23-17-6-9-19(10-7-17)30(27,28)24(14-15-4-2-1-3-5-15)18-8-11-20-16(12-18)13-21(29-20)22(25)26/h1-13H,14H2,(H,25,26). The second kappa shape index (κ2) is 7.85. The lowest BCUT2D eigenvalue weighted by molar-refractivity contribution is 0.0665. The van der Waals surface area contributed by atoms with Crippen LogP contribution in [-0.2, 0) is 16.6 Å². The van der Waals surface area contributed by atoms with Gasteiger partial charge in [-0.3, -0.25) is 4.31 Å². The number of hydrogen-bond donors (Lipinski definition) is 1.